The molecule has 0 saturated carbocycles. The van der Waals surface area contributed by atoms with Gasteiger partial charge in [0.2, 0.25) is 5.43 Å². The third-order valence-electron chi connectivity index (χ3n) is 7.24. The Kier molecular flexibility index (Phi) is 5.77. The molecule has 2 N–H and O–H groups in total. The number of oxime groups is 1. The van der Waals surface area contributed by atoms with Gasteiger partial charge in [0, 0.05) is 37.3 Å². The van der Waals surface area contributed by atoms with Gasteiger partial charge in [0.15, 0.2) is 17.0 Å². The van der Waals surface area contributed by atoms with E-state index in [-0.39, 0.29) is 30.4 Å². The van der Waals surface area contributed by atoms with E-state index in [2.05, 4.69) is 10.5 Å². The third-order valence-corrected chi connectivity index (χ3v) is 7.59. The molecule has 0 aliphatic carbocycles. The second-order valence-corrected chi connectivity index (χ2v) is 9.89. The fourth-order valence-electron chi connectivity index (χ4n) is 5.26. The highest BCUT2D eigenvalue weighted by Gasteiger charge is 2.53. The highest BCUT2D eigenvalue weighted by molar-refractivity contribution is 6.30. The van der Waals surface area contributed by atoms with Crippen molar-refractivity contribution in [3.63, 3.8) is 0 Å². The molecule has 2 aromatic rings. The molecule has 1 fully saturated rings. The van der Waals surface area contributed by atoms with Crippen molar-refractivity contribution in [3.8, 4) is 5.75 Å². The molecule has 0 radical (unpaired) electrons. The maximum absolute atomic E-state index is 14.2. The molecule has 2 amide bonds. The van der Waals surface area contributed by atoms with E-state index < -0.39 is 56.9 Å². The van der Waals surface area contributed by atoms with Crippen LogP contribution in [0.1, 0.15) is 65.6 Å². The summed E-state index contributed by atoms with van der Waals surface area (Å²) in [6.45, 7) is 3.58. The number of carbonyl (C=O) groups excluding carboxylic acids is 2. The van der Waals surface area contributed by atoms with Crippen LogP contribution in [0.15, 0.2) is 28.3 Å². The van der Waals surface area contributed by atoms with Gasteiger partial charge in [-0.2, -0.15) is 0 Å². The zero-order valence-corrected chi connectivity index (χ0v) is 20.2. The Hall–Kier alpha value is -3.47. The maximum atomic E-state index is 14.2. The maximum Gasteiger partial charge on any atom is 0.274 e. The molecule has 5 rings (SSSR count). The van der Waals surface area contributed by atoms with E-state index in [9.17, 15) is 28.3 Å². The predicted molar refractivity (Wildman–Crippen MR) is 125 cm³/mol. The molecule has 0 unspecified atom stereocenters. The number of fused-ring (bicyclic) bond motifs is 5. The van der Waals surface area contributed by atoms with Gasteiger partial charge in [-0.1, -0.05) is 22.8 Å². The normalized spacial score (nSPS) is 24.8. The van der Waals surface area contributed by atoms with E-state index in [0.717, 1.165) is 17.8 Å². The molecule has 1 aromatic carbocycles. The quantitative estimate of drug-likeness (QED) is 0.604. The van der Waals surface area contributed by atoms with Crippen LogP contribution in [0.3, 0.4) is 0 Å². The molecule has 2 bridgehead atoms. The van der Waals surface area contributed by atoms with Crippen molar-refractivity contribution >= 4 is 29.1 Å². The summed E-state index contributed by atoms with van der Waals surface area (Å²) in [4.78, 5) is 46.7. The van der Waals surface area contributed by atoms with Crippen molar-refractivity contribution in [1.82, 2.24) is 14.8 Å². The lowest BCUT2D eigenvalue weighted by atomic mass is 9.84. The first-order valence-electron chi connectivity index (χ1n) is 11.5. The third kappa shape index (κ3) is 3.64. The molecule has 3 atom stereocenters. The molecule has 4 heterocycles. The number of hydrogen-bond donors (Lipinski definition) is 2. The van der Waals surface area contributed by atoms with Gasteiger partial charge >= 0.3 is 0 Å². The molecule has 36 heavy (non-hydrogen) atoms. The summed E-state index contributed by atoms with van der Waals surface area (Å²) in [5, 5.41) is 16.6. The number of aromatic hydroxyl groups is 1. The number of halogens is 3. The Morgan fingerprint density at radius 2 is 2.11 bits per heavy atom. The monoisotopic (exact) mass is 520 g/mol. The molecule has 1 spiro atoms. The average Bonchev–Trinajstić information content (AvgIpc) is 3.18. The van der Waals surface area contributed by atoms with Crippen molar-refractivity contribution in [2.75, 3.05) is 6.54 Å². The van der Waals surface area contributed by atoms with Crippen LogP contribution in [0.4, 0.5) is 8.78 Å². The topological polar surface area (TPSA) is 113 Å². The van der Waals surface area contributed by atoms with Crippen LogP contribution in [0, 0.1) is 11.6 Å². The van der Waals surface area contributed by atoms with Crippen LogP contribution in [0.25, 0.3) is 0 Å². The SMILES string of the molecule is CC1=NO[C@@]2(CC[C@H](C)N3C[C@H]2n2cc(C(=O)NCc4ccc(F)c(Cl)c4F)c(=O)c(O)c2C3=O)C1. The fourth-order valence-corrected chi connectivity index (χ4v) is 5.44. The Bertz CT molecular complexity index is 1390. The highest BCUT2D eigenvalue weighted by Crippen LogP contribution is 2.46. The van der Waals surface area contributed by atoms with E-state index in [1.165, 1.54) is 10.8 Å². The van der Waals surface area contributed by atoms with E-state index in [0.29, 0.717) is 19.3 Å². The summed E-state index contributed by atoms with van der Waals surface area (Å²) in [5.74, 6) is -4.25. The van der Waals surface area contributed by atoms with E-state index >= 15 is 0 Å². The van der Waals surface area contributed by atoms with Gasteiger partial charge < -0.3 is 24.7 Å². The van der Waals surface area contributed by atoms with Gasteiger partial charge in [0.05, 0.1) is 11.8 Å². The Labute approximate surface area is 209 Å². The number of nitrogens with one attached hydrogen (secondary N) is 1. The van der Waals surface area contributed by atoms with Crippen molar-refractivity contribution < 1.29 is 28.3 Å². The summed E-state index contributed by atoms with van der Waals surface area (Å²) in [5.41, 5.74) is -1.82. The average molecular weight is 521 g/mol. The Balaban J connectivity index is 1.54. The summed E-state index contributed by atoms with van der Waals surface area (Å²) >= 11 is 5.59. The molecule has 9 nitrogen and oxygen atoms in total. The van der Waals surface area contributed by atoms with Gasteiger partial charge in [-0.25, -0.2) is 8.78 Å². The summed E-state index contributed by atoms with van der Waals surface area (Å²) in [7, 11) is 0. The second kappa shape index (κ2) is 8.58. The number of amides is 2. The molecule has 3 aliphatic heterocycles. The first-order chi connectivity index (χ1) is 17.0. The fraction of sp³-hybridized carbons (Fsp3) is 0.417. The molecule has 3 aliphatic rings. The lowest BCUT2D eigenvalue weighted by molar-refractivity contribution is -0.0655. The van der Waals surface area contributed by atoms with Crippen LogP contribution >= 0.6 is 11.6 Å². The largest absolute Gasteiger partial charge is 0.503 e. The van der Waals surface area contributed by atoms with Crippen LogP contribution in [-0.2, 0) is 11.4 Å². The van der Waals surface area contributed by atoms with Gasteiger partial charge in [-0.3, -0.25) is 14.4 Å². The van der Waals surface area contributed by atoms with E-state index in [1.54, 1.807) is 4.90 Å². The predicted octanol–water partition coefficient (Wildman–Crippen LogP) is 3.13. The van der Waals surface area contributed by atoms with Crippen LogP contribution in [0.2, 0.25) is 5.02 Å². The summed E-state index contributed by atoms with van der Waals surface area (Å²) in [6.07, 6.45) is 2.92. The molecular weight excluding hydrogens is 498 g/mol. The van der Waals surface area contributed by atoms with Gasteiger partial charge in [-0.15, -0.1) is 0 Å². The number of aromatic nitrogens is 1. The van der Waals surface area contributed by atoms with Crippen molar-refractivity contribution in [1.29, 1.82) is 0 Å². The molecule has 1 saturated heterocycles. The highest BCUT2D eigenvalue weighted by atomic mass is 35.5. The first-order valence-corrected chi connectivity index (χ1v) is 11.8. The Morgan fingerprint density at radius 1 is 1.36 bits per heavy atom. The molecular formula is C24H23ClF2N4O5. The lowest BCUT2D eigenvalue weighted by Crippen LogP contribution is -2.52. The number of carbonyl (C=O) groups is 2. The number of benzene rings is 1. The lowest BCUT2D eigenvalue weighted by Gasteiger charge is -2.41. The minimum absolute atomic E-state index is 0.0912. The zero-order chi connectivity index (χ0) is 25.9. The van der Waals surface area contributed by atoms with E-state index in [4.69, 9.17) is 16.4 Å². The van der Waals surface area contributed by atoms with Crippen molar-refractivity contribution in [2.24, 2.45) is 5.16 Å². The van der Waals surface area contributed by atoms with E-state index in [1.807, 2.05) is 13.8 Å². The minimum Gasteiger partial charge on any atom is -0.503 e. The minimum atomic E-state index is -1.04. The standard InChI is InChI=1S/C24H23ClF2N4O5/c1-11-7-24(36-29-11)6-5-12(2)30-10-16(24)31-9-14(20(32)21(33)19(31)23(30)35)22(34)28-8-13-3-4-15(26)17(25)18(13)27/h3-4,9,12,16,33H,5-8,10H2,1-2H3,(H,28,34)/t12-,16+,24-/m0/s1. The number of pyridine rings is 1. The van der Waals surface area contributed by atoms with Crippen LogP contribution < -0.4 is 10.7 Å². The van der Waals surface area contributed by atoms with Crippen molar-refractivity contribution in [2.45, 2.75) is 57.3 Å². The van der Waals surface area contributed by atoms with Gasteiger partial charge in [0.25, 0.3) is 11.8 Å². The molecule has 12 heteroatoms. The summed E-state index contributed by atoms with van der Waals surface area (Å²) < 4.78 is 29.1. The van der Waals surface area contributed by atoms with Gasteiger partial charge in [-0.05, 0) is 32.8 Å². The number of rotatable bonds is 3. The number of hydrogen-bond acceptors (Lipinski definition) is 6. The Morgan fingerprint density at radius 3 is 2.81 bits per heavy atom. The second-order valence-electron chi connectivity index (χ2n) is 9.51. The van der Waals surface area contributed by atoms with Crippen LogP contribution in [-0.4, -0.2) is 50.3 Å². The zero-order valence-electron chi connectivity index (χ0n) is 19.5. The van der Waals surface area contributed by atoms with Gasteiger partial charge in [0.1, 0.15) is 22.2 Å². The first kappa shape index (κ1) is 24.2. The van der Waals surface area contributed by atoms with Crippen LogP contribution in [0.5, 0.6) is 5.75 Å². The smallest absolute Gasteiger partial charge is 0.274 e. The molecule has 190 valence electrons. The molecule has 1 aromatic heterocycles. The number of nitrogens with zero attached hydrogens (tertiary/aromatic N) is 3. The van der Waals surface area contributed by atoms with Crippen molar-refractivity contribution in [3.05, 3.63) is 62.0 Å². The summed E-state index contributed by atoms with van der Waals surface area (Å²) in [6, 6.07) is 1.40.